The van der Waals surface area contributed by atoms with Crippen LogP contribution in [0.2, 0.25) is 0 Å². The second-order valence-corrected chi connectivity index (χ2v) is 1.77. The summed E-state index contributed by atoms with van der Waals surface area (Å²) in [7, 11) is 0. The van der Waals surface area contributed by atoms with Gasteiger partial charge in [0.2, 0.25) is 0 Å². The van der Waals surface area contributed by atoms with E-state index < -0.39 is 0 Å². The molecule has 0 atom stereocenters. The Kier molecular flexibility index (Phi) is 247. The normalized spacial score (nSPS) is 9.33. The number of hydrogen-bond acceptors (Lipinski definition) is 0. The lowest BCUT2D eigenvalue weighted by Gasteiger charge is -1.67. The highest BCUT2D eigenvalue weighted by Gasteiger charge is 1.95. The second-order valence-electron chi connectivity index (χ2n) is 1.77. The van der Waals surface area contributed by atoms with E-state index in [2.05, 4.69) is 65.8 Å². The largest absolute Gasteiger partial charge is 0.106 e. The van der Waals surface area contributed by atoms with Crippen LogP contribution in [0.5, 0.6) is 0 Å². The van der Waals surface area contributed by atoms with Gasteiger partial charge >= 0.3 is 0 Å². The van der Waals surface area contributed by atoms with E-state index in [1.54, 1.807) is 0 Å². The fourth-order valence-electron chi connectivity index (χ4n) is 0.884. The summed E-state index contributed by atoms with van der Waals surface area (Å²) in [6.45, 7) is 30.0. The summed E-state index contributed by atoms with van der Waals surface area (Å²) < 4.78 is 0. The van der Waals surface area contributed by atoms with Gasteiger partial charge in [-0.3, -0.25) is 0 Å². The van der Waals surface area contributed by atoms with E-state index in [-0.39, 0.29) is 0 Å². The van der Waals surface area contributed by atoms with Crippen molar-refractivity contribution in [2.45, 2.75) is 32.1 Å². The zero-order valence-electron chi connectivity index (χ0n) is 10.6. The van der Waals surface area contributed by atoms with E-state index in [0.717, 1.165) is 0 Å². The van der Waals surface area contributed by atoms with E-state index in [1.807, 2.05) is 0 Å². The van der Waals surface area contributed by atoms with Crippen LogP contribution in [0.15, 0.2) is 65.8 Å². The molecule has 1 saturated carbocycles. The van der Waals surface area contributed by atoms with Crippen LogP contribution in [0.3, 0.4) is 0 Å². The molecule has 0 aromatic carbocycles. The fraction of sp³-hybridized carbons (Fsp3) is 0.333. The average Bonchev–Trinajstić information content (AvgIpc) is 3.00. The lowest BCUT2D eigenvalue weighted by molar-refractivity contribution is 0.886. The molecular formula is C15H30. The first-order valence-electron chi connectivity index (χ1n) is 5.00. The third kappa shape index (κ3) is 106. The molecular weight excluding hydrogens is 180 g/mol. The van der Waals surface area contributed by atoms with Gasteiger partial charge in [0.25, 0.3) is 0 Å². The van der Waals surface area contributed by atoms with Crippen molar-refractivity contribution in [1.82, 2.24) is 0 Å². The molecule has 0 N–H and O–H groups in total. The van der Waals surface area contributed by atoms with E-state index in [1.165, 1.54) is 32.1 Å². The maximum Gasteiger partial charge on any atom is -0.0533 e. The van der Waals surface area contributed by atoms with Crippen molar-refractivity contribution in [2.24, 2.45) is 0 Å². The van der Waals surface area contributed by atoms with Gasteiger partial charge in [-0.05, 0) is 0 Å². The molecule has 0 heteroatoms. The van der Waals surface area contributed by atoms with Gasteiger partial charge in [-0.15, -0.1) is 65.8 Å². The number of rotatable bonds is 0. The summed E-state index contributed by atoms with van der Waals surface area (Å²) in [6.07, 6.45) is 7.50. The van der Waals surface area contributed by atoms with Crippen molar-refractivity contribution in [3.05, 3.63) is 65.8 Å². The average molecular weight is 210 g/mol. The van der Waals surface area contributed by atoms with E-state index in [9.17, 15) is 0 Å². The van der Waals surface area contributed by atoms with Gasteiger partial charge in [-0.25, -0.2) is 0 Å². The summed E-state index contributed by atoms with van der Waals surface area (Å²) in [4.78, 5) is 0. The third-order valence-corrected chi connectivity index (χ3v) is 1.25. The zero-order valence-corrected chi connectivity index (χ0v) is 10.6. The van der Waals surface area contributed by atoms with Crippen LogP contribution in [0.4, 0.5) is 0 Å². The second kappa shape index (κ2) is 127. The van der Waals surface area contributed by atoms with Crippen LogP contribution in [-0.2, 0) is 0 Å². The Balaban J connectivity index is -0.0000000295. The monoisotopic (exact) mass is 210 g/mol. The van der Waals surface area contributed by atoms with Crippen molar-refractivity contribution < 1.29 is 0 Å². The Bertz CT molecular complexity index is 43.2. The standard InChI is InChI=1S/C5H10.5C2H4/c1-2-4-5-3-1;5*1-2/h1-5H2;5*1-2H2. The lowest BCUT2D eigenvalue weighted by atomic mass is 10.4. The zero-order chi connectivity index (χ0) is 13.5. The Labute approximate surface area is 98.4 Å². The molecule has 1 aliphatic rings. The summed E-state index contributed by atoms with van der Waals surface area (Å²) in [6, 6.07) is 0. The van der Waals surface area contributed by atoms with Gasteiger partial charge < -0.3 is 0 Å². The molecule has 0 unspecified atom stereocenters. The molecule has 90 valence electrons. The molecule has 1 aliphatic carbocycles. The smallest absolute Gasteiger partial charge is 0.0533 e. The van der Waals surface area contributed by atoms with Crippen molar-refractivity contribution in [3.8, 4) is 0 Å². The van der Waals surface area contributed by atoms with Crippen LogP contribution in [0.25, 0.3) is 0 Å². The van der Waals surface area contributed by atoms with Gasteiger partial charge in [0, 0.05) is 0 Å². The highest BCUT2D eigenvalue weighted by molar-refractivity contribution is 4.51. The molecule has 15 heavy (non-hydrogen) atoms. The first-order valence-corrected chi connectivity index (χ1v) is 5.00. The van der Waals surface area contributed by atoms with Gasteiger partial charge in [0.05, 0.1) is 0 Å². The predicted octanol–water partition coefficient (Wildman–Crippen LogP) is 5.96. The quantitative estimate of drug-likeness (QED) is 0.433. The first kappa shape index (κ1) is 29.2. The van der Waals surface area contributed by atoms with Gasteiger partial charge in [-0.2, -0.15) is 0 Å². The molecule has 0 saturated heterocycles. The molecule has 0 spiro atoms. The van der Waals surface area contributed by atoms with Gasteiger partial charge in [0.1, 0.15) is 0 Å². The Morgan fingerprint density at radius 3 is 0.400 bits per heavy atom. The van der Waals surface area contributed by atoms with Crippen molar-refractivity contribution in [2.75, 3.05) is 0 Å². The molecule has 0 aliphatic heterocycles. The fourth-order valence-corrected chi connectivity index (χ4v) is 0.884. The van der Waals surface area contributed by atoms with Crippen molar-refractivity contribution >= 4 is 0 Å². The molecule has 0 heterocycles. The minimum absolute atomic E-state index is 1.50. The minimum Gasteiger partial charge on any atom is -0.106 e. The minimum atomic E-state index is 1.50. The molecule has 0 amide bonds. The van der Waals surface area contributed by atoms with Crippen LogP contribution >= 0.6 is 0 Å². The van der Waals surface area contributed by atoms with Crippen molar-refractivity contribution in [1.29, 1.82) is 0 Å². The van der Waals surface area contributed by atoms with E-state index in [4.69, 9.17) is 0 Å². The van der Waals surface area contributed by atoms with Gasteiger partial charge in [-0.1, -0.05) is 32.1 Å². The lowest BCUT2D eigenvalue weighted by Crippen LogP contribution is -1.47. The highest BCUT2D eigenvalue weighted by Crippen LogP contribution is 2.15. The predicted molar refractivity (Wildman–Crippen MR) is 79.4 cm³/mol. The molecule has 0 nitrogen and oxygen atoms in total. The first-order chi connectivity index (χ1) is 7.50. The molecule has 0 radical (unpaired) electrons. The number of hydrogen-bond donors (Lipinski definition) is 0. The summed E-state index contributed by atoms with van der Waals surface area (Å²) in [5.41, 5.74) is 0. The SMILES string of the molecule is C1CCCC1.C=C.C=C.C=C.C=C.C=C. The topological polar surface area (TPSA) is 0 Å². The molecule has 0 bridgehead atoms. The van der Waals surface area contributed by atoms with Crippen LogP contribution < -0.4 is 0 Å². The summed E-state index contributed by atoms with van der Waals surface area (Å²) in [5, 5.41) is 0. The Morgan fingerprint density at radius 2 is 0.333 bits per heavy atom. The highest BCUT2D eigenvalue weighted by atomic mass is 14.0. The molecule has 0 aromatic rings. The molecule has 1 rings (SSSR count). The van der Waals surface area contributed by atoms with Crippen LogP contribution in [0, 0.1) is 0 Å². The van der Waals surface area contributed by atoms with E-state index in [0.29, 0.717) is 0 Å². The third-order valence-electron chi connectivity index (χ3n) is 1.25. The van der Waals surface area contributed by atoms with Crippen LogP contribution in [-0.4, -0.2) is 0 Å². The summed E-state index contributed by atoms with van der Waals surface area (Å²) >= 11 is 0. The molecule has 0 aromatic heterocycles. The maximum absolute atomic E-state index is 3.00. The maximum atomic E-state index is 3.00. The Morgan fingerprint density at radius 1 is 0.267 bits per heavy atom. The van der Waals surface area contributed by atoms with Crippen LogP contribution in [0.1, 0.15) is 32.1 Å². The summed E-state index contributed by atoms with van der Waals surface area (Å²) in [5.74, 6) is 0. The van der Waals surface area contributed by atoms with Crippen molar-refractivity contribution in [3.63, 3.8) is 0 Å². The van der Waals surface area contributed by atoms with E-state index >= 15 is 0 Å². The van der Waals surface area contributed by atoms with Gasteiger partial charge in [0.15, 0.2) is 0 Å². The molecule has 1 fully saturated rings. The Hall–Kier alpha value is -1.30.